The summed E-state index contributed by atoms with van der Waals surface area (Å²) in [5.41, 5.74) is 0.766. The van der Waals surface area contributed by atoms with Crippen LogP contribution in [-0.2, 0) is 25.5 Å². The number of carbonyl (C=O) groups excluding carboxylic acids is 3. The number of para-hydroxylation sites is 1. The third-order valence-corrected chi connectivity index (χ3v) is 3.46. The van der Waals surface area contributed by atoms with Crippen LogP contribution in [0.25, 0.3) is 0 Å². The van der Waals surface area contributed by atoms with Crippen LogP contribution in [0.2, 0.25) is 0 Å². The Morgan fingerprint density at radius 3 is 2.79 bits per heavy atom. The van der Waals surface area contributed by atoms with Crippen molar-refractivity contribution in [2.75, 3.05) is 6.79 Å². The molecule has 0 unspecified atom stereocenters. The fourth-order valence-corrected chi connectivity index (χ4v) is 2.26. The van der Waals surface area contributed by atoms with E-state index in [0.717, 1.165) is 0 Å². The summed E-state index contributed by atoms with van der Waals surface area (Å²) in [4.78, 5) is 34.2. The normalized spacial score (nSPS) is 15.8. The lowest BCUT2D eigenvalue weighted by molar-refractivity contribution is -0.149. The van der Waals surface area contributed by atoms with E-state index < -0.39 is 31.8 Å². The number of carbonyl (C=O) groups is 3. The largest absolute Gasteiger partial charge is 0.547 e. The molecule has 0 aromatic heterocycles. The van der Waals surface area contributed by atoms with Gasteiger partial charge in [0.2, 0.25) is 12.7 Å². The zero-order valence-corrected chi connectivity index (χ0v) is 13.4. The number of fused-ring (bicyclic) bond motifs is 1. The van der Waals surface area contributed by atoms with Gasteiger partial charge in [0, 0.05) is 13.3 Å². The Morgan fingerprint density at radius 2 is 2.12 bits per heavy atom. The summed E-state index contributed by atoms with van der Waals surface area (Å²) >= 11 is 0. The van der Waals surface area contributed by atoms with E-state index in [0.29, 0.717) is 18.4 Å². The molecule has 2 N–H and O–H groups in total. The first-order chi connectivity index (χ1) is 11.4. The van der Waals surface area contributed by atoms with E-state index in [1.807, 2.05) is 0 Å². The van der Waals surface area contributed by atoms with Crippen LogP contribution in [0.4, 0.5) is 0 Å². The number of amides is 1. The van der Waals surface area contributed by atoms with E-state index in [-0.39, 0.29) is 17.2 Å². The topological polar surface area (TPSA) is 111 Å². The second-order valence-corrected chi connectivity index (χ2v) is 5.22. The summed E-state index contributed by atoms with van der Waals surface area (Å²) in [5.74, 6) is -1.92. The highest BCUT2D eigenvalue weighted by Gasteiger charge is 2.37. The summed E-state index contributed by atoms with van der Waals surface area (Å²) < 4.78 is 14.8. The number of hydrogen-bond donors (Lipinski definition) is 2. The molecule has 1 aliphatic rings. The van der Waals surface area contributed by atoms with Gasteiger partial charge in [-0.3, -0.25) is 9.59 Å². The van der Waals surface area contributed by atoms with Crippen molar-refractivity contribution in [2.24, 2.45) is 0 Å². The number of rotatable bonds is 5. The highest BCUT2D eigenvalue weighted by molar-refractivity contribution is 6.47. The second-order valence-electron chi connectivity index (χ2n) is 5.22. The van der Waals surface area contributed by atoms with Crippen LogP contribution in [-0.4, -0.2) is 42.7 Å². The molecule has 0 fully saturated rings. The van der Waals surface area contributed by atoms with Gasteiger partial charge in [-0.1, -0.05) is 19.1 Å². The molecule has 2 rings (SSSR count). The van der Waals surface area contributed by atoms with E-state index in [1.54, 1.807) is 19.1 Å². The molecule has 0 saturated carbocycles. The Kier molecular flexibility index (Phi) is 5.80. The zero-order chi connectivity index (χ0) is 17.7. The summed E-state index contributed by atoms with van der Waals surface area (Å²) in [6.07, 6.45) is 0.603. The minimum atomic E-state index is -1.28. The average molecular weight is 335 g/mol. The quantitative estimate of drug-likeness (QED) is 0.450. The fourth-order valence-electron chi connectivity index (χ4n) is 2.26. The average Bonchev–Trinajstić information content (AvgIpc) is 2.54. The summed E-state index contributed by atoms with van der Waals surface area (Å²) in [6.45, 7) is 2.40. The Bertz CT molecular complexity index is 649. The van der Waals surface area contributed by atoms with Gasteiger partial charge in [-0.15, -0.1) is 0 Å². The number of nitrogens with one attached hydrogen (secondary N) is 1. The van der Waals surface area contributed by atoms with Gasteiger partial charge < -0.3 is 24.5 Å². The van der Waals surface area contributed by atoms with Crippen LogP contribution < -0.4 is 9.97 Å². The van der Waals surface area contributed by atoms with Crippen molar-refractivity contribution in [2.45, 2.75) is 32.6 Å². The van der Waals surface area contributed by atoms with Crippen LogP contribution in [0.3, 0.4) is 0 Å². The second kappa shape index (κ2) is 7.82. The molecule has 1 amide bonds. The van der Waals surface area contributed by atoms with Crippen molar-refractivity contribution in [1.82, 2.24) is 5.32 Å². The van der Waals surface area contributed by atoms with Gasteiger partial charge in [0.15, 0.2) is 0 Å². The van der Waals surface area contributed by atoms with Crippen molar-refractivity contribution >= 4 is 25.0 Å². The smallest absolute Gasteiger partial charge is 0.534 e. The summed E-state index contributed by atoms with van der Waals surface area (Å²) in [7, 11) is -1.28. The third kappa shape index (κ3) is 4.26. The maximum absolute atomic E-state index is 12.1. The molecule has 1 aromatic carbocycles. The molecule has 0 spiro atoms. The van der Waals surface area contributed by atoms with Crippen molar-refractivity contribution in [3.05, 3.63) is 29.3 Å². The van der Waals surface area contributed by atoms with Crippen molar-refractivity contribution in [3.63, 3.8) is 0 Å². The van der Waals surface area contributed by atoms with Crippen LogP contribution in [0, 0.1) is 0 Å². The van der Waals surface area contributed by atoms with Gasteiger partial charge in [0.25, 0.3) is 0 Å². The van der Waals surface area contributed by atoms with Gasteiger partial charge in [-0.2, -0.15) is 0 Å². The molecule has 0 saturated heterocycles. The fraction of sp³-hybridized carbons (Fsp3) is 0.400. The Balaban J connectivity index is 2.13. The molecule has 24 heavy (non-hydrogen) atoms. The van der Waals surface area contributed by atoms with Gasteiger partial charge in [-0.05, 0) is 18.1 Å². The highest BCUT2D eigenvalue weighted by atomic mass is 16.7. The minimum Gasteiger partial charge on any atom is -0.534 e. The molecule has 1 heterocycles. The molecular formula is C15H18BNO7. The van der Waals surface area contributed by atoms with Gasteiger partial charge >= 0.3 is 19.1 Å². The SMILES string of the molecule is CCC(=O)N[C@H]1Cc2cccc(C(=O)OCOC(C)=O)c2OB1O. The van der Waals surface area contributed by atoms with Crippen LogP contribution in [0.1, 0.15) is 36.2 Å². The lowest BCUT2D eigenvalue weighted by atomic mass is 9.72. The number of benzene rings is 1. The third-order valence-electron chi connectivity index (χ3n) is 3.46. The van der Waals surface area contributed by atoms with Crippen molar-refractivity contribution < 1.29 is 33.5 Å². The maximum Gasteiger partial charge on any atom is 0.547 e. The highest BCUT2D eigenvalue weighted by Crippen LogP contribution is 2.30. The molecule has 9 heteroatoms. The number of ether oxygens (including phenoxy) is 2. The monoisotopic (exact) mass is 335 g/mol. The Hall–Kier alpha value is -2.55. The minimum absolute atomic E-state index is 0.110. The first-order valence-electron chi connectivity index (χ1n) is 7.48. The predicted octanol–water partition coefficient (Wildman–Crippen LogP) is 0.213. The maximum atomic E-state index is 12.1. The van der Waals surface area contributed by atoms with Gasteiger partial charge in [0.1, 0.15) is 11.3 Å². The lowest BCUT2D eigenvalue weighted by Gasteiger charge is -2.29. The van der Waals surface area contributed by atoms with Gasteiger partial charge in [0.05, 0.1) is 5.94 Å². The molecule has 0 radical (unpaired) electrons. The molecule has 0 aliphatic carbocycles. The van der Waals surface area contributed by atoms with Crippen molar-refractivity contribution in [3.8, 4) is 5.75 Å². The van der Waals surface area contributed by atoms with Crippen LogP contribution >= 0.6 is 0 Å². The van der Waals surface area contributed by atoms with Crippen molar-refractivity contribution in [1.29, 1.82) is 0 Å². The zero-order valence-electron chi connectivity index (χ0n) is 13.4. The summed E-state index contributed by atoms with van der Waals surface area (Å²) in [5, 5.41) is 12.7. The van der Waals surface area contributed by atoms with Crippen LogP contribution in [0.5, 0.6) is 5.75 Å². The first kappa shape index (κ1) is 17.8. The van der Waals surface area contributed by atoms with Gasteiger partial charge in [-0.25, -0.2) is 4.79 Å². The lowest BCUT2D eigenvalue weighted by Crippen LogP contribution is -2.53. The first-order valence-corrected chi connectivity index (χ1v) is 7.48. The predicted molar refractivity (Wildman–Crippen MR) is 83.0 cm³/mol. The Morgan fingerprint density at radius 1 is 1.38 bits per heavy atom. The molecule has 1 aromatic rings. The molecule has 1 atom stereocenters. The van der Waals surface area contributed by atoms with E-state index in [4.69, 9.17) is 9.39 Å². The molecule has 1 aliphatic heterocycles. The van der Waals surface area contributed by atoms with Crippen LogP contribution in [0.15, 0.2) is 18.2 Å². The summed E-state index contributed by atoms with van der Waals surface area (Å²) in [6, 6.07) is 4.85. The Labute approximate surface area is 139 Å². The molecule has 128 valence electrons. The molecule has 8 nitrogen and oxygen atoms in total. The molecule has 0 bridgehead atoms. The van der Waals surface area contributed by atoms with E-state index in [9.17, 15) is 19.4 Å². The van der Waals surface area contributed by atoms with E-state index in [2.05, 4.69) is 10.1 Å². The van der Waals surface area contributed by atoms with E-state index in [1.165, 1.54) is 13.0 Å². The molecular weight excluding hydrogens is 317 g/mol. The number of esters is 2. The number of hydrogen-bond acceptors (Lipinski definition) is 7. The van der Waals surface area contributed by atoms with E-state index >= 15 is 0 Å². The standard InChI is InChI=1S/C15H18BNO7/c1-3-13(19)17-12-7-10-5-4-6-11(14(10)24-16(12)21)15(20)23-8-22-9(2)18/h4-6,12,21H,3,7-8H2,1-2H3,(H,17,19)/t12-/m0/s1.